The van der Waals surface area contributed by atoms with Crippen molar-refractivity contribution in [1.82, 2.24) is 5.32 Å². The normalized spacial score (nSPS) is 16.7. The number of nitriles is 1. The van der Waals surface area contributed by atoms with Gasteiger partial charge >= 0.3 is 0 Å². The van der Waals surface area contributed by atoms with Gasteiger partial charge in [0.2, 0.25) is 11.8 Å². The highest BCUT2D eigenvalue weighted by atomic mass is 19.1. The standard InChI is InChI=1S/C21H19F2N3O4/c1-29-18-6-4-14(9-19(18)30-2)26-11-12(7-20(26)27)21(28)25-17(10-24)15-5-3-13(22)8-16(15)23/h3-6,8-9,12,17H,7,11H2,1-2H3,(H,25,28). The van der Waals surface area contributed by atoms with Crippen molar-refractivity contribution in [3.63, 3.8) is 0 Å². The van der Waals surface area contributed by atoms with Crippen molar-refractivity contribution < 1.29 is 27.8 Å². The Morgan fingerprint density at radius 2 is 1.93 bits per heavy atom. The molecule has 0 aliphatic carbocycles. The fourth-order valence-corrected chi connectivity index (χ4v) is 3.30. The molecule has 2 aromatic carbocycles. The fraction of sp³-hybridized carbons (Fsp3) is 0.286. The van der Waals surface area contributed by atoms with Gasteiger partial charge in [0.15, 0.2) is 11.5 Å². The highest BCUT2D eigenvalue weighted by Gasteiger charge is 2.36. The van der Waals surface area contributed by atoms with E-state index in [2.05, 4.69) is 5.32 Å². The Morgan fingerprint density at radius 1 is 1.20 bits per heavy atom. The van der Waals surface area contributed by atoms with Crippen LogP contribution < -0.4 is 19.7 Å². The molecule has 30 heavy (non-hydrogen) atoms. The molecule has 1 N–H and O–H groups in total. The van der Waals surface area contributed by atoms with Gasteiger partial charge in [-0.2, -0.15) is 5.26 Å². The highest BCUT2D eigenvalue weighted by Crippen LogP contribution is 2.34. The van der Waals surface area contributed by atoms with Gasteiger partial charge in [-0.1, -0.05) is 6.07 Å². The van der Waals surface area contributed by atoms with Crippen LogP contribution in [0.3, 0.4) is 0 Å². The van der Waals surface area contributed by atoms with Crippen LogP contribution in [-0.4, -0.2) is 32.6 Å². The number of amides is 2. The zero-order valence-corrected chi connectivity index (χ0v) is 16.3. The van der Waals surface area contributed by atoms with E-state index >= 15 is 0 Å². The van der Waals surface area contributed by atoms with Crippen molar-refractivity contribution in [2.75, 3.05) is 25.7 Å². The summed E-state index contributed by atoms with van der Waals surface area (Å²) in [5, 5.41) is 11.8. The minimum absolute atomic E-state index is 0.0653. The van der Waals surface area contributed by atoms with Crippen molar-refractivity contribution in [3.8, 4) is 17.6 Å². The molecular formula is C21H19F2N3O4. The molecule has 156 valence electrons. The summed E-state index contributed by atoms with van der Waals surface area (Å²) in [5.74, 6) is -2.36. The summed E-state index contributed by atoms with van der Waals surface area (Å²) in [7, 11) is 2.97. The molecule has 2 atom stereocenters. The molecule has 0 saturated carbocycles. The van der Waals surface area contributed by atoms with Crippen molar-refractivity contribution in [3.05, 3.63) is 53.6 Å². The van der Waals surface area contributed by atoms with Gasteiger partial charge in [-0.3, -0.25) is 9.59 Å². The molecule has 7 nitrogen and oxygen atoms in total. The maximum Gasteiger partial charge on any atom is 0.227 e. The molecule has 1 aliphatic heterocycles. The predicted octanol–water partition coefficient (Wildman–Crippen LogP) is 2.72. The van der Waals surface area contributed by atoms with Crippen molar-refractivity contribution in [2.45, 2.75) is 12.5 Å². The van der Waals surface area contributed by atoms with E-state index < -0.39 is 29.5 Å². The molecule has 1 saturated heterocycles. The topological polar surface area (TPSA) is 91.7 Å². The van der Waals surface area contributed by atoms with Gasteiger partial charge in [0.25, 0.3) is 0 Å². The lowest BCUT2D eigenvalue weighted by molar-refractivity contribution is -0.126. The lowest BCUT2D eigenvalue weighted by Gasteiger charge is -2.19. The number of carbonyl (C=O) groups excluding carboxylic acids is 2. The average molecular weight is 415 g/mol. The first-order chi connectivity index (χ1) is 14.4. The van der Waals surface area contributed by atoms with Crippen LogP contribution in [0.1, 0.15) is 18.0 Å². The number of carbonyl (C=O) groups is 2. The number of hydrogen-bond acceptors (Lipinski definition) is 5. The van der Waals surface area contributed by atoms with E-state index in [-0.39, 0.29) is 24.4 Å². The predicted molar refractivity (Wildman–Crippen MR) is 103 cm³/mol. The zero-order valence-electron chi connectivity index (χ0n) is 16.3. The minimum Gasteiger partial charge on any atom is -0.493 e. The fourth-order valence-electron chi connectivity index (χ4n) is 3.30. The van der Waals surface area contributed by atoms with E-state index in [1.165, 1.54) is 19.1 Å². The molecule has 0 spiro atoms. The summed E-state index contributed by atoms with van der Waals surface area (Å²) >= 11 is 0. The van der Waals surface area contributed by atoms with Crippen LogP contribution in [0.4, 0.5) is 14.5 Å². The second-order valence-electron chi connectivity index (χ2n) is 6.68. The molecule has 0 aromatic heterocycles. The molecule has 1 aliphatic rings. The largest absolute Gasteiger partial charge is 0.493 e. The van der Waals surface area contributed by atoms with Crippen LogP contribution in [0.15, 0.2) is 36.4 Å². The maximum absolute atomic E-state index is 14.0. The quantitative estimate of drug-likeness (QED) is 0.783. The summed E-state index contributed by atoms with van der Waals surface area (Å²) < 4.78 is 37.5. The van der Waals surface area contributed by atoms with Crippen LogP contribution in [0.5, 0.6) is 11.5 Å². The molecule has 9 heteroatoms. The van der Waals surface area contributed by atoms with Gasteiger partial charge in [-0.25, -0.2) is 8.78 Å². The number of benzene rings is 2. The van der Waals surface area contributed by atoms with Crippen molar-refractivity contribution >= 4 is 17.5 Å². The Labute approximate surface area is 171 Å². The van der Waals surface area contributed by atoms with Gasteiger partial charge in [0.1, 0.15) is 17.7 Å². The van der Waals surface area contributed by atoms with Crippen LogP contribution in [0, 0.1) is 28.9 Å². The van der Waals surface area contributed by atoms with E-state index in [9.17, 15) is 23.6 Å². The lowest BCUT2D eigenvalue weighted by atomic mass is 10.0. The Bertz CT molecular complexity index is 1020. The summed E-state index contributed by atoms with van der Waals surface area (Å²) in [5.41, 5.74) is 0.391. The van der Waals surface area contributed by atoms with Crippen LogP contribution in [0.25, 0.3) is 0 Å². The summed E-state index contributed by atoms with van der Waals surface area (Å²) in [6, 6.07) is 8.19. The van der Waals surface area contributed by atoms with Crippen LogP contribution in [-0.2, 0) is 9.59 Å². The average Bonchev–Trinajstić information content (AvgIpc) is 3.13. The van der Waals surface area contributed by atoms with Crippen LogP contribution in [0.2, 0.25) is 0 Å². The minimum atomic E-state index is -1.30. The molecule has 2 amide bonds. The number of ether oxygens (including phenoxy) is 2. The summed E-state index contributed by atoms with van der Waals surface area (Å²) in [6.45, 7) is 0.0875. The highest BCUT2D eigenvalue weighted by molar-refractivity contribution is 6.00. The summed E-state index contributed by atoms with van der Waals surface area (Å²) in [6.07, 6.45) is -0.0653. The lowest BCUT2D eigenvalue weighted by Crippen LogP contribution is -2.35. The van der Waals surface area contributed by atoms with Gasteiger partial charge in [-0.15, -0.1) is 0 Å². The third-order valence-electron chi connectivity index (χ3n) is 4.86. The van der Waals surface area contributed by atoms with E-state index in [4.69, 9.17) is 9.47 Å². The number of hydrogen-bond donors (Lipinski definition) is 1. The first kappa shape index (κ1) is 21.0. The molecule has 1 fully saturated rings. The Hall–Kier alpha value is -3.67. The first-order valence-corrected chi connectivity index (χ1v) is 9.05. The summed E-state index contributed by atoms with van der Waals surface area (Å²) in [4.78, 5) is 26.5. The second kappa shape index (κ2) is 8.78. The van der Waals surface area contributed by atoms with Crippen LogP contribution >= 0.6 is 0 Å². The van der Waals surface area contributed by atoms with Gasteiger partial charge in [0, 0.05) is 36.3 Å². The molecule has 1 heterocycles. The molecule has 0 radical (unpaired) electrons. The Balaban J connectivity index is 1.74. The second-order valence-corrected chi connectivity index (χ2v) is 6.68. The third kappa shape index (κ3) is 4.17. The van der Waals surface area contributed by atoms with Crippen molar-refractivity contribution in [1.29, 1.82) is 5.26 Å². The SMILES string of the molecule is COc1ccc(N2CC(C(=O)NC(C#N)c3ccc(F)cc3F)CC2=O)cc1OC. The van der Waals surface area contributed by atoms with Gasteiger partial charge in [0.05, 0.1) is 26.2 Å². The number of methoxy groups -OCH3 is 2. The number of nitrogens with one attached hydrogen (secondary N) is 1. The Kier molecular flexibility index (Phi) is 6.16. The molecule has 0 bridgehead atoms. The van der Waals surface area contributed by atoms with E-state index in [0.717, 1.165) is 12.1 Å². The molecule has 3 rings (SSSR count). The smallest absolute Gasteiger partial charge is 0.227 e. The zero-order chi connectivity index (χ0) is 21.8. The Morgan fingerprint density at radius 3 is 2.57 bits per heavy atom. The number of rotatable bonds is 6. The number of nitrogens with zero attached hydrogens (tertiary/aromatic N) is 2. The van der Waals surface area contributed by atoms with E-state index in [1.54, 1.807) is 24.3 Å². The first-order valence-electron chi connectivity index (χ1n) is 9.05. The molecular weight excluding hydrogens is 396 g/mol. The van der Waals surface area contributed by atoms with Gasteiger partial charge in [-0.05, 0) is 18.2 Å². The maximum atomic E-state index is 14.0. The number of halogens is 2. The van der Waals surface area contributed by atoms with E-state index in [0.29, 0.717) is 23.3 Å². The van der Waals surface area contributed by atoms with Gasteiger partial charge < -0.3 is 19.7 Å². The molecule has 2 aromatic rings. The molecule has 2 unspecified atom stereocenters. The van der Waals surface area contributed by atoms with E-state index in [1.807, 2.05) is 0 Å². The number of anilines is 1. The van der Waals surface area contributed by atoms with Crippen molar-refractivity contribution in [2.24, 2.45) is 5.92 Å². The third-order valence-corrected chi connectivity index (χ3v) is 4.86. The monoisotopic (exact) mass is 415 g/mol.